The van der Waals surface area contributed by atoms with Crippen molar-refractivity contribution >= 4 is 23.5 Å². The fraction of sp³-hybridized carbons (Fsp3) is 0.211. The molecule has 2 aliphatic rings. The second kappa shape index (κ2) is 5.78. The van der Waals surface area contributed by atoms with Crippen molar-refractivity contribution in [2.45, 2.75) is 23.8 Å². The first-order valence-electron chi connectivity index (χ1n) is 7.79. The zero-order valence-electron chi connectivity index (χ0n) is 12.9. The lowest BCUT2D eigenvalue weighted by Crippen LogP contribution is -2.44. The number of hydrogen-bond acceptors (Lipinski definition) is 2. The number of fused-ring (bicyclic) bond motifs is 2. The predicted molar refractivity (Wildman–Crippen MR) is 94.3 cm³/mol. The number of carbonyl (C=O) groups is 1. The van der Waals surface area contributed by atoms with Gasteiger partial charge in [-0.15, -0.1) is 11.8 Å². The highest BCUT2D eigenvalue weighted by molar-refractivity contribution is 7.98. The van der Waals surface area contributed by atoms with E-state index >= 15 is 0 Å². The molecule has 0 spiro atoms. The largest absolute Gasteiger partial charge is 0.327 e. The maximum absolute atomic E-state index is 12.2. The van der Waals surface area contributed by atoms with Crippen molar-refractivity contribution in [1.29, 1.82) is 0 Å². The van der Waals surface area contributed by atoms with Gasteiger partial charge >= 0.3 is 6.03 Å². The van der Waals surface area contributed by atoms with Crippen LogP contribution in [0.15, 0.2) is 59.0 Å². The zero-order valence-corrected chi connectivity index (χ0v) is 13.7. The fourth-order valence-electron chi connectivity index (χ4n) is 3.43. The summed E-state index contributed by atoms with van der Waals surface area (Å²) in [6.45, 7) is 0. The predicted octanol–water partition coefficient (Wildman–Crippen LogP) is 4.12. The van der Waals surface area contributed by atoms with Gasteiger partial charge in [0.1, 0.15) is 0 Å². The topological polar surface area (TPSA) is 41.1 Å². The Morgan fingerprint density at radius 1 is 1.04 bits per heavy atom. The quantitative estimate of drug-likeness (QED) is 0.817. The molecule has 23 heavy (non-hydrogen) atoms. The summed E-state index contributed by atoms with van der Waals surface area (Å²) in [6, 6.07) is 16.6. The highest BCUT2D eigenvalue weighted by atomic mass is 32.2. The lowest BCUT2D eigenvalue weighted by molar-refractivity contribution is 0.240. The highest BCUT2D eigenvalue weighted by Gasteiger charge is 2.31. The van der Waals surface area contributed by atoms with Crippen LogP contribution in [0.4, 0.5) is 4.79 Å². The minimum Gasteiger partial charge on any atom is -0.327 e. The molecule has 116 valence electrons. The van der Waals surface area contributed by atoms with Crippen LogP contribution in [0.2, 0.25) is 0 Å². The summed E-state index contributed by atoms with van der Waals surface area (Å²) in [6.07, 6.45) is 4.06. The second-order valence-corrected chi connectivity index (χ2v) is 6.74. The maximum Gasteiger partial charge on any atom is 0.319 e. The van der Waals surface area contributed by atoms with Crippen LogP contribution in [0.1, 0.15) is 29.2 Å². The number of hydrogen-bond donors (Lipinski definition) is 2. The van der Waals surface area contributed by atoms with E-state index in [9.17, 15) is 4.79 Å². The first kappa shape index (κ1) is 14.4. The third-order valence-electron chi connectivity index (χ3n) is 4.58. The van der Waals surface area contributed by atoms with E-state index in [-0.39, 0.29) is 12.1 Å². The van der Waals surface area contributed by atoms with Crippen molar-refractivity contribution in [2.24, 2.45) is 0 Å². The van der Waals surface area contributed by atoms with Gasteiger partial charge in [-0.25, -0.2) is 4.79 Å². The van der Waals surface area contributed by atoms with E-state index in [1.54, 1.807) is 11.8 Å². The first-order chi connectivity index (χ1) is 11.3. The van der Waals surface area contributed by atoms with E-state index in [2.05, 4.69) is 59.4 Å². The molecule has 0 saturated carbocycles. The van der Waals surface area contributed by atoms with Gasteiger partial charge < -0.3 is 10.6 Å². The average molecular weight is 322 g/mol. The number of urea groups is 1. The molecule has 3 nitrogen and oxygen atoms in total. The molecule has 0 aromatic heterocycles. The van der Waals surface area contributed by atoms with Crippen LogP contribution >= 0.6 is 11.8 Å². The van der Waals surface area contributed by atoms with Crippen molar-refractivity contribution in [3.8, 4) is 0 Å². The summed E-state index contributed by atoms with van der Waals surface area (Å²) in [5.41, 5.74) is 5.89. The Hall–Kier alpha value is -2.20. The molecule has 1 aliphatic heterocycles. The van der Waals surface area contributed by atoms with E-state index in [1.165, 1.54) is 16.0 Å². The second-order valence-electron chi connectivity index (χ2n) is 5.86. The van der Waals surface area contributed by atoms with E-state index < -0.39 is 0 Å². The van der Waals surface area contributed by atoms with Crippen molar-refractivity contribution in [2.75, 3.05) is 6.26 Å². The number of amides is 2. The summed E-state index contributed by atoms with van der Waals surface area (Å²) in [5, 5.41) is 6.11. The number of nitrogens with one attached hydrogen (secondary N) is 2. The molecule has 2 aromatic carbocycles. The molecule has 1 heterocycles. The van der Waals surface area contributed by atoms with Gasteiger partial charge in [0.05, 0.1) is 11.7 Å². The van der Waals surface area contributed by atoms with Crippen LogP contribution in [-0.2, 0) is 6.42 Å². The Labute approximate surface area is 140 Å². The van der Waals surface area contributed by atoms with Gasteiger partial charge in [0.2, 0.25) is 0 Å². The molecular weight excluding hydrogens is 304 g/mol. The van der Waals surface area contributed by atoms with E-state index in [0.29, 0.717) is 0 Å². The minimum absolute atomic E-state index is 0.0389. The van der Waals surface area contributed by atoms with E-state index in [1.807, 2.05) is 6.07 Å². The number of thioether (sulfide) groups is 1. The molecule has 0 saturated heterocycles. The van der Waals surface area contributed by atoms with Gasteiger partial charge in [-0.3, -0.25) is 0 Å². The molecule has 4 rings (SSSR count). The van der Waals surface area contributed by atoms with E-state index in [4.69, 9.17) is 0 Å². The summed E-state index contributed by atoms with van der Waals surface area (Å²) in [4.78, 5) is 13.4. The van der Waals surface area contributed by atoms with Crippen LogP contribution in [0, 0.1) is 0 Å². The van der Waals surface area contributed by atoms with Crippen LogP contribution < -0.4 is 10.6 Å². The molecule has 2 aromatic rings. The van der Waals surface area contributed by atoms with Crippen molar-refractivity contribution < 1.29 is 4.79 Å². The number of carbonyl (C=O) groups excluding carboxylic acids is 1. The lowest BCUT2D eigenvalue weighted by Gasteiger charge is -2.34. The fourth-order valence-corrected chi connectivity index (χ4v) is 3.84. The van der Waals surface area contributed by atoms with Gasteiger partial charge in [0.25, 0.3) is 0 Å². The van der Waals surface area contributed by atoms with Gasteiger partial charge in [0, 0.05) is 10.5 Å². The normalized spacial score (nSPS) is 19.5. The summed E-state index contributed by atoms with van der Waals surface area (Å²) in [5.74, 6) is 0. The Bertz CT molecular complexity index is 795. The van der Waals surface area contributed by atoms with Crippen LogP contribution in [0.5, 0.6) is 0 Å². The number of aryl methyl sites for hydroxylation is 1. The van der Waals surface area contributed by atoms with Crippen molar-refractivity contribution in [3.05, 3.63) is 70.8 Å². The van der Waals surface area contributed by atoms with Gasteiger partial charge in [-0.05, 0) is 47.9 Å². The number of benzene rings is 2. The molecule has 4 heteroatoms. The van der Waals surface area contributed by atoms with Crippen LogP contribution in [0.25, 0.3) is 5.70 Å². The molecule has 1 atom stereocenters. The SMILES string of the molecule is CSc1ccc([C@@H]2NC(=O)NC3=C2CCc2ccccc23)cc1. The Balaban J connectivity index is 1.80. The molecule has 2 N–H and O–H groups in total. The summed E-state index contributed by atoms with van der Waals surface area (Å²) >= 11 is 1.73. The molecule has 0 unspecified atom stereocenters. The summed E-state index contributed by atoms with van der Waals surface area (Å²) in [7, 11) is 0. The monoisotopic (exact) mass is 322 g/mol. The first-order valence-corrected chi connectivity index (χ1v) is 9.01. The van der Waals surface area contributed by atoms with E-state index in [0.717, 1.165) is 29.7 Å². The molecule has 0 radical (unpaired) electrons. The standard InChI is InChI=1S/C19H18N2OS/c1-23-14-9-6-13(7-10-14)17-16-11-8-12-4-2-3-5-15(12)18(16)21-19(22)20-17/h2-7,9-10,17H,8,11H2,1H3,(H2,20,21,22)/t17-/m0/s1. The zero-order chi connectivity index (χ0) is 15.8. The number of rotatable bonds is 2. The molecule has 2 amide bonds. The maximum atomic E-state index is 12.2. The molecule has 0 bridgehead atoms. The van der Waals surface area contributed by atoms with Crippen molar-refractivity contribution in [3.63, 3.8) is 0 Å². The van der Waals surface area contributed by atoms with Gasteiger partial charge in [-0.2, -0.15) is 0 Å². The van der Waals surface area contributed by atoms with Gasteiger partial charge in [0.15, 0.2) is 0 Å². The summed E-state index contributed by atoms with van der Waals surface area (Å²) < 4.78 is 0. The van der Waals surface area contributed by atoms with Crippen LogP contribution in [-0.4, -0.2) is 12.3 Å². The Kier molecular flexibility index (Phi) is 3.62. The molecule has 0 fully saturated rings. The third kappa shape index (κ3) is 2.53. The Morgan fingerprint density at radius 2 is 1.83 bits per heavy atom. The molecular formula is C19H18N2OS. The lowest BCUT2D eigenvalue weighted by atomic mass is 9.83. The Morgan fingerprint density at radius 3 is 2.61 bits per heavy atom. The smallest absolute Gasteiger partial charge is 0.319 e. The van der Waals surface area contributed by atoms with Crippen LogP contribution in [0.3, 0.4) is 0 Å². The van der Waals surface area contributed by atoms with Gasteiger partial charge in [-0.1, -0.05) is 36.4 Å². The average Bonchev–Trinajstić information content (AvgIpc) is 2.61. The highest BCUT2D eigenvalue weighted by Crippen LogP contribution is 2.38. The minimum atomic E-state index is -0.126. The van der Waals surface area contributed by atoms with Crippen molar-refractivity contribution in [1.82, 2.24) is 10.6 Å². The third-order valence-corrected chi connectivity index (χ3v) is 5.33. The molecule has 1 aliphatic carbocycles.